The molecule has 1 amide bonds. The van der Waals surface area contributed by atoms with Gasteiger partial charge in [0, 0.05) is 5.54 Å². The normalized spacial score (nSPS) is 30.0. The van der Waals surface area contributed by atoms with Crippen LogP contribution < -0.4 is 5.32 Å². The predicted octanol–water partition coefficient (Wildman–Crippen LogP) is 4.05. The molecule has 1 N–H and O–H groups in total. The van der Waals surface area contributed by atoms with Crippen molar-refractivity contribution >= 4 is 38.9 Å². The van der Waals surface area contributed by atoms with Gasteiger partial charge in [0.05, 0.1) is 20.6 Å². The fourth-order valence-corrected chi connectivity index (χ4v) is 6.00. The summed E-state index contributed by atoms with van der Waals surface area (Å²) in [5.74, 6) is 0.182. The molecule has 4 aliphatic rings. The number of amides is 1. The molecule has 0 radical (unpaired) electrons. The molecule has 4 heterocycles. The smallest absolute Gasteiger partial charge is 0.261 e. The van der Waals surface area contributed by atoms with E-state index in [0.29, 0.717) is 21.2 Å². The van der Waals surface area contributed by atoms with Crippen LogP contribution in [0.4, 0.5) is 4.39 Å². The molecule has 6 heteroatoms. The van der Waals surface area contributed by atoms with E-state index in [4.69, 9.17) is 11.6 Å². The maximum atomic E-state index is 13.5. The number of fused-ring (bicyclic) bond motifs is 3. The molecule has 3 aliphatic heterocycles. The first-order valence-corrected chi connectivity index (χ1v) is 9.71. The van der Waals surface area contributed by atoms with Gasteiger partial charge in [0.2, 0.25) is 0 Å². The zero-order valence-electron chi connectivity index (χ0n) is 13.1. The highest BCUT2D eigenvalue weighted by Crippen LogP contribution is 2.53. The molecule has 1 saturated carbocycles. The molecule has 126 valence electrons. The summed E-state index contributed by atoms with van der Waals surface area (Å²) < 4.78 is 14.3. The number of hydrogen-bond donors (Lipinski definition) is 1. The van der Waals surface area contributed by atoms with Gasteiger partial charge in [-0.1, -0.05) is 11.6 Å². The zero-order chi connectivity index (χ0) is 16.5. The predicted molar refractivity (Wildman–Crippen MR) is 94.3 cm³/mol. The molecular formula is C18H18ClFN2OS. The van der Waals surface area contributed by atoms with Crippen LogP contribution in [0.25, 0.3) is 10.1 Å². The number of nitrogens with zero attached hydrogens (tertiary/aromatic N) is 1. The van der Waals surface area contributed by atoms with Crippen molar-refractivity contribution < 1.29 is 9.18 Å². The molecule has 1 aromatic carbocycles. The highest BCUT2D eigenvalue weighted by molar-refractivity contribution is 7.21. The van der Waals surface area contributed by atoms with Crippen molar-refractivity contribution in [3.63, 3.8) is 0 Å². The molecule has 1 spiro atoms. The van der Waals surface area contributed by atoms with Gasteiger partial charge in [0.1, 0.15) is 5.82 Å². The van der Waals surface area contributed by atoms with Crippen molar-refractivity contribution in [3.8, 4) is 0 Å². The van der Waals surface area contributed by atoms with Gasteiger partial charge in [-0.25, -0.2) is 4.39 Å². The Morgan fingerprint density at radius 3 is 2.75 bits per heavy atom. The second-order valence-corrected chi connectivity index (χ2v) is 8.76. The first-order valence-electron chi connectivity index (χ1n) is 8.51. The van der Waals surface area contributed by atoms with Gasteiger partial charge in [-0.3, -0.25) is 9.69 Å². The maximum absolute atomic E-state index is 13.5. The lowest BCUT2D eigenvalue weighted by Crippen LogP contribution is -2.65. The zero-order valence-corrected chi connectivity index (χ0v) is 14.7. The van der Waals surface area contributed by atoms with Crippen molar-refractivity contribution in [2.75, 3.05) is 13.1 Å². The van der Waals surface area contributed by atoms with E-state index in [1.54, 1.807) is 6.07 Å². The number of hydrogen-bond acceptors (Lipinski definition) is 3. The average molecular weight is 365 g/mol. The summed E-state index contributed by atoms with van der Waals surface area (Å²) >= 11 is 7.46. The minimum Gasteiger partial charge on any atom is -0.346 e. The molecule has 3 saturated heterocycles. The third-order valence-corrected chi connectivity index (χ3v) is 7.62. The van der Waals surface area contributed by atoms with Crippen LogP contribution in [-0.4, -0.2) is 35.5 Å². The number of halogens is 2. The molecule has 4 fully saturated rings. The number of carbonyl (C=O) groups is 1. The lowest BCUT2D eigenvalue weighted by molar-refractivity contribution is -0.00138. The van der Waals surface area contributed by atoms with Gasteiger partial charge >= 0.3 is 0 Å². The summed E-state index contributed by atoms with van der Waals surface area (Å²) in [5.41, 5.74) is 0.220. The monoisotopic (exact) mass is 364 g/mol. The van der Waals surface area contributed by atoms with Crippen LogP contribution in [0.3, 0.4) is 0 Å². The molecule has 1 atom stereocenters. The first kappa shape index (κ1) is 15.1. The quantitative estimate of drug-likeness (QED) is 0.871. The SMILES string of the molecule is O=C(N[C@H]1C2CCN(CC2)C12CC2)c1cc2cc(F)cc(Cl)c2s1. The Morgan fingerprint density at radius 2 is 2.04 bits per heavy atom. The Bertz CT molecular complexity index is 839. The van der Waals surface area contributed by atoms with E-state index in [-0.39, 0.29) is 23.3 Å². The van der Waals surface area contributed by atoms with E-state index >= 15 is 0 Å². The lowest BCUT2D eigenvalue weighted by atomic mass is 9.77. The molecule has 1 aliphatic carbocycles. The van der Waals surface area contributed by atoms with E-state index in [1.807, 2.05) is 0 Å². The van der Waals surface area contributed by atoms with Crippen molar-refractivity contribution in [2.24, 2.45) is 5.92 Å². The first-order chi connectivity index (χ1) is 11.6. The molecule has 1 aromatic heterocycles. The van der Waals surface area contributed by atoms with E-state index < -0.39 is 0 Å². The molecule has 24 heavy (non-hydrogen) atoms. The molecule has 2 aromatic rings. The molecule has 0 unspecified atom stereocenters. The summed E-state index contributed by atoms with van der Waals surface area (Å²) in [5, 5.41) is 4.38. The van der Waals surface area contributed by atoms with E-state index in [2.05, 4.69) is 10.2 Å². The number of thiophene rings is 1. The van der Waals surface area contributed by atoms with Gasteiger partial charge in [0.15, 0.2) is 0 Å². The molecular weight excluding hydrogens is 347 g/mol. The van der Waals surface area contributed by atoms with E-state index in [9.17, 15) is 9.18 Å². The second-order valence-electron chi connectivity index (χ2n) is 7.30. The van der Waals surface area contributed by atoms with Crippen LogP contribution in [0.1, 0.15) is 35.4 Å². The Kier molecular flexibility index (Phi) is 3.25. The summed E-state index contributed by atoms with van der Waals surface area (Å²) in [6, 6.07) is 4.75. The largest absolute Gasteiger partial charge is 0.346 e. The standard InChI is InChI=1S/C18H18ClFN2OS/c19-13-9-12(20)7-11-8-14(24-15(11)13)17(23)21-16-10-1-5-22(6-2-10)18(16)3-4-18/h7-10,16H,1-6H2,(H,21,23)/t16-/m0/s1. The number of benzene rings is 1. The lowest BCUT2D eigenvalue weighted by Gasteiger charge is -2.52. The number of piperidine rings is 3. The van der Waals surface area contributed by atoms with Crippen molar-refractivity contribution in [1.29, 1.82) is 0 Å². The average Bonchev–Trinajstić information content (AvgIpc) is 3.22. The van der Waals surface area contributed by atoms with Gasteiger partial charge in [-0.15, -0.1) is 11.3 Å². The van der Waals surface area contributed by atoms with Crippen molar-refractivity contribution in [1.82, 2.24) is 10.2 Å². The maximum Gasteiger partial charge on any atom is 0.261 e. The second kappa shape index (κ2) is 5.16. The summed E-state index contributed by atoms with van der Waals surface area (Å²) in [7, 11) is 0. The van der Waals surface area contributed by atoms with Gasteiger partial charge in [-0.05, 0) is 68.3 Å². The minimum atomic E-state index is -0.369. The van der Waals surface area contributed by atoms with Gasteiger partial charge in [-0.2, -0.15) is 0 Å². The summed E-state index contributed by atoms with van der Waals surface area (Å²) in [6.45, 7) is 2.35. The topological polar surface area (TPSA) is 32.3 Å². The van der Waals surface area contributed by atoms with Crippen LogP contribution >= 0.6 is 22.9 Å². The van der Waals surface area contributed by atoms with Crippen molar-refractivity contribution in [2.45, 2.75) is 37.3 Å². The molecule has 2 bridgehead atoms. The highest BCUT2D eigenvalue weighted by Gasteiger charge is 2.60. The van der Waals surface area contributed by atoms with E-state index in [0.717, 1.165) is 4.70 Å². The third kappa shape index (κ3) is 2.14. The Hall–Kier alpha value is -1.17. The van der Waals surface area contributed by atoms with Crippen molar-refractivity contribution in [3.05, 3.63) is 33.9 Å². The number of nitrogens with one attached hydrogen (secondary N) is 1. The summed E-state index contributed by atoms with van der Waals surface area (Å²) in [4.78, 5) is 16.0. The Morgan fingerprint density at radius 1 is 1.29 bits per heavy atom. The fraction of sp³-hybridized carbons (Fsp3) is 0.500. The molecule has 3 nitrogen and oxygen atoms in total. The van der Waals surface area contributed by atoms with Crippen LogP contribution in [0.5, 0.6) is 0 Å². The van der Waals surface area contributed by atoms with E-state index in [1.165, 1.54) is 62.2 Å². The Labute approximate surface area is 148 Å². The van der Waals surface area contributed by atoms with Crippen LogP contribution in [-0.2, 0) is 0 Å². The third-order valence-electron chi connectivity index (χ3n) is 6.03. The molecule has 6 rings (SSSR count). The Balaban J connectivity index is 1.44. The van der Waals surface area contributed by atoms with Gasteiger partial charge in [0.25, 0.3) is 5.91 Å². The fourth-order valence-electron chi connectivity index (χ4n) is 4.72. The number of rotatable bonds is 2. The van der Waals surface area contributed by atoms with Crippen LogP contribution in [0, 0.1) is 11.7 Å². The van der Waals surface area contributed by atoms with Gasteiger partial charge < -0.3 is 5.32 Å². The van der Waals surface area contributed by atoms with Crippen LogP contribution in [0.2, 0.25) is 5.02 Å². The number of carbonyl (C=O) groups excluding carboxylic acids is 1. The summed E-state index contributed by atoms with van der Waals surface area (Å²) in [6.07, 6.45) is 4.74. The van der Waals surface area contributed by atoms with Crippen LogP contribution in [0.15, 0.2) is 18.2 Å². The minimum absolute atomic E-state index is 0.0438. The highest BCUT2D eigenvalue weighted by atomic mass is 35.5.